The summed E-state index contributed by atoms with van der Waals surface area (Å²) in [6.07, 6.45) is 1.14. The Morgan fingerprint density at radius 1 is 0.630 bits per heavy atom. The molecule has 0 bridgehead atoms. The Bertz CT molecular complexity index is 1390. The van der Waals surface area contributed by atoms with Gasteiger partial charge in [0.2, 0.25) is 5.85 Å². The van der Waals surface area contributed by atoms with E-state index in [1.54, 1.807) is 12.1 Å². The molecule has 0 aliphatic rings. The maximum atomic E-state index is 13.2. The molecule has 9 nitrogen and oxygen atoms in total. The molecule has 4 N–H and O–H groups in total. The SMILES string of the molecule is CC(C)(C)c1cc(C(=O)OCCCCCC(OC(=O)c2cc(C(C)(C)C)c(O)c(C(C)(C)C)c2)P(=O)(O)O)cc(C(C)(C)C)c1O. The number of hydrogen-bond donors (Lipinski definition) is 4. The number of aromatic hydroxyl groups is 2. The van der Waals surface area contributed by atoms with E-state index in [0.29, 0.717) is 47.1 Å². The first-order chi connectivity index (χ1) is 20.7. The summed E-state index contributed by atoms with van der Waals surface area (Å²) < 4.78 is 23.2. The summed E-state index contributed by atoms with van der Waals surface area (Å²) in [4.78, 5) is 46.1. The molecule has 0 saturated carbocycles. The molecule has 10 heteroatoms. The molecule has 2 rings (SSSR count). The fourth-order valence-electron chi connectivity index (χ4n) is 5.12. The molecule has 0 heterocycles. The molecular weight excluding hydrogens is 607 g/mol. The van der Waals surface area contributed by atoms with Gasteiger partial charge in [-0.3, -0.25) is 4.57 Å². The Morgan fingerprint density at radius 3 is 1.30 bits per heavy atom. The third-order valence-electron chi connectivity index (χ3n) is 7.87. The van der Waals surface area contributed by atoms with E-state index in [-0.39, 0.29) is 30.1 Å². The molecule has 0 amide bonds. The van der Waals surface area contributed by atoms with Crippen molar-refractivity contribution in [3.8, 4) is 11.5 Å². The first-order valence-electron chi connectivity index (χ1n) is 15.8. The molecule has 2 aromatic rings. The van der Waals surface area contributed by atoms with Crippen molar-refractivity contribution in [3.63, 3.8) is 0 Å². The first-order valence-corrected chi connectivity index (χ1v) is 17.5. The van der Waals surface area contributed by atoms with Gasteiger partial charge in [-0.25, -0.2) is 9.59 Å². The smallest absolute Gasteiger partial charge is 0.365 e. The second-order valence-corrected chi connectivity index (χ2v) is 18.0. The van der Waals surface area contributed by atoms with Crippen molar-refractivity contribution in [2.75, 3.05) is 6.61 Å². The van der Waals surface area contributed by atoms with Gasteiger partial charge >= 0.3 is 19.5 Å². The molecule has 1 unspecified atom stereocenters. The summed E-state index contributed by atoms with van der Waals surface area (Å²) in [5, 5.41) is 21.9. The fourth-order valence-corrected chi connectivity index (χ4v) is 5.88. The van der Waals surface area contributed by atoms with E-state index in [9.17, 15) is 34.2 Å². The summed E-state index contributed by atoms with van der Waals surface area (Å²) in [6.45, 7) is 23.3. The Hall–Kier alpha value is -2.87. The molecule has 0 radical (unpaired) electrons. The van der Waals surface area contributed by atoms with E-state index in [2.05, 4.69) is 0 Å². The quantitative estimate of drug-likeness (QED) is 0.112. The number of phenols is 2. The normalized spacial score (nSPS) is 13.8. The van der Waals surface area contributed by atoms with Crippen LogP contribution in [0.5, 0.6) is 11.5 Å². The molecule has 0 spiro atoms. The predicted molar refractivity (Wildman–Crippen MR) is 181 cm³/mol. The number of rotatable bonds is 10. The van der Waals surface area contributed by atoms with E-state index in [4.69, 9.17) is 9.47 Å². The highest BCUT2D eigenvalue weighted by atomic mass is 31.2. The number of ether oxygens (including phenoxy) is 2. The van der Waals surface area contributed by atoms with E-state index >= 15 is 0 Å². The average molecular weight is 663 g/mol. The van der Waals surface area contributed by atoms with Crippen LogP contribution in [0.2, 0.25) is 0 Å². The van der Waals surface area contributed by atoms with Crippen LogP contribution >= 0.6 is 7.60 Å². The van der Waals surface area contributed by atoms with Crippen LogP contribution in [0.3, 0.4) is 0 Å². The average Bonchev–Trinajstić information content (AvgIpc) is 2.86. The lowest BCUT2D eigenvalue weighted by Crippen LogP contribution is -2.22. The molecular formula is C36H55O9P. The van der Waals surface area contributed by atoms with Crippen LogP contribution in [0.25, 0.3) is 0 Å². The number of carbonyl (C=O) groups is 2. The van der Waals surface area contributed by atoms with Crippen molar-refractivity contribution in [3.05, 3.63) is 57.6 Å². The molecule has 258 valence electrons. The number of carbonyl (C=O) groups excluding carboxylic acids is 2. The lowest BCUT2D eigenvalue weighted by molar-refractivity contribution is 0.0376. The molecule has 0 aliphatic heterocycles. The third kappa shape index (κ3) is 10.3. The number of unbranched alkanes of at least 4 members (excludes halogenated alkanes) is 2. The van der Waals surface area contributed by atoms with Crippen molar-refractivity contribution in [1.82, 2.24) is 0 Å². The van der Waals surface area contributed by atoms with Gasteiger partial charge in [0, 0.05) is 22.3 Å². The lowest BCUT2D eigenvalue weighted by atomic mass is 9.78. The Balaban J connectivity index is 2.09. The van der Waals surface area contributed by atoms with Crippen LogP contribution in [0, 0.1) is 0 Å². The second-order valence-electron chi connectivity index (χ2n) is 16.3. The van der Waals surface area contributed by atoms with Gasteiger partial charge in [0.15, 0.2) is 0 Å². The summed E-state index contributed by atoms with van der Waals surface area (Å²) in [5.41, 5.74) is 1.03. The molecule has 0 fully saturated rings. The molecule has 46 heavy (non-hydrogen) atoms. The maximum absolute atomic E-state index is 13.2. The zero-order valence-electron chi connectivity index (χ0n) is 29.7. The van der Waals surface area contributed by atoms with Crippen molar-refractivity contribution in [2.24, 2.45) is 0 Å². The van der Waals surface area contributed by atoms with Gasteiger partial charge in [-0.15, -0.1) is 0 Å². The number of benzene rings is 2. The summed E-state index contributed by atoms with van der Waals surface area (Å²) in [7, 11) is -4.80. The van der Waals surface area contributed by atoms with Gasteiger partial charge in [0.05, 0.1) is 17.7 Å². The Kier molecular flexibility index (Phi) is 12.0. The van der Waals surface area contributed by atoms with Crippen LogP contribution in [-0.2, 0) is 35.7 Å². The van der Waals surface area contributed by atoms with Crippen LogP contribution in [0.15, 0.2) is 24.3 Å². The number of esters is 2. The van der Waals surface area contributed by atoms with E-state index in [0.717, 1.165) is 0 Å². The minimum absolute atomic E-state index is 0.0812. The summed E-state index contributed by atoms with van der Waals surface area (Å²) in [6, 6.07) is 6.35. The second kappa shape index (κ2) is 14.1. The zero-order chi connectivity index (χ0) is 35.6. The van der Waals surface area contributed by atoms with Crippen LogP contribution < -0.4 is 0 Å². The van der Waals surface area contributed by atoms with Crippen LogP contribution in [0.1, 0.15) is 152 Å². The van der Waals surface area contributed by atoms with Crippen LogP contribution in [0.4, 0.5) is 0 Å². The topological polar surface area (TPSA) is 151 Å². The fraction of sp³-hybridized carbons (Fsp3) is 0.611. The van der Waals surface area contributed by atoms with Crippen molar-refractivity contribution >= 4 is 19.5 Å². The van der Waals surface area contributed by atoms with Crippen molar-refractivity contribution < 1.29 is 43.6 Å². The largest absolute Gasteiger partial charge is 0.507 e. The Labute approximate surface area is 274 Å². The van der Waals surface area contributed by atoms with E-state index in [1.165, 1.54) is 12.1 Å². The third-order valence-corrected chi connectivity index (χ3v) is 8.98. The van der Waals surface area contributed by atoms with Crippen LogP contribution in [-0.4, -0.2) is 44.4 Å². The van der Waals surface area contributed by atoms with Gasteiger partial charge in [-0.1, -0.05) is 83.1 Å². The van der Waals surface area contributed by atoms with Gasteiger partial charge in [0.1, 0.15) is 11.5 Å². The monoisotopic (exact) mass is 662 g/mol. The highest BCUT2D eigenvalue weighted by Crippen LogP contribution is 2.46. The Morgan fingerprint density at radius 2 is 0.978 bits per heavy atom. The first kappa shape index (κ1) is 39.3. The molecule has 2 aromatic carbocycles. The standard InChI is InChI=1S/C36H55O9P/c1-33(2,3)24-18-22(19-25(29(24)37)34(4,5)6)31(39)44-17-15-13-14-16-28(46(41,42)43)45-32(40)23-20-26(35(7,8)9)30(38)27(21-23)36(10,11)12/h18-21,28,37-38H,13-17H2,1-12H3,(H2,41,42,43). The van der Waals surface area contributed by atoms with E-state index in [1.807, 2.05) is 83.1 Å². The summed E-state index contributed by atoms with van der Waals surface area (Å²) >= 11 is 0. The number of phenolic OH excluding ortho intramolecular Hbond substituents is 2. The van der Waals surface area contributed by atoms with Gasteiger partial charge in [0.25, 0.3) is 0 Å². The predicted octanol–water partition coefficient (Wildman–Crippen LogP) is 8.37. The lowest BCUT2D eigenvalue weighted by Gasteiger charge is -2.28. The zero-order valence-corrected chi connectivity index (χ0v) is 30.6. The van der Waals surface area contributed by atoms with Gasteiger partial charge < -0.3 is 29.5 Å². The van der Waals surface area contributed by atoms with Gasteiger partial charge in [-0.2, -0.15) is 0 Å². The minimum atomic E-state index is -4.80. The van der Waals surface area contributed by atoms with Crippen molar-refractivity contribution in [2.45, 2.75) is 136 Å². The maximum Gasteiger partial charge on any atom is 0.365 e. The highest BCUT2D eigenvalue weighted by Gasteiger charge is 2.34. The van der Waals surface area contributed by atoms with Gasteiger partial charge in [-0.05, 0) is 71.6 Å². The summed E-state index contributed by atoms with van der Waals surface area (Å²) in [5.74, 6) is -2.78. The molecule has 0 aromatic heterocycles. The molecule has 1 atom stereocenters. The van der Waals surface area contributed by atoms with E-state index < -0.39 is 47.0 Å². The number of hydrogen-bond acceptors (Lipinski definition) is 7. The molecule has 0 aliphatic carbocycles. The van der Waals surface area contributed by atoms with Crippen molar-refractivity contribution in [1.29, 1.82) is 0 Å². The highest BCUT2D eigenvalue weighted by molar-refractivity contribution is 7.52. The molecule has 0 saturated heterocycles. The minimum Gasteiger partial charge on any atom is -0.507 e.